The fraction of sp³-hybridized carbons (Fsp3) is 0.278. The Kier molecular flexibility index (Phi) is 6.04. The van der Waals surface area contributed by atoms with Gasteiger partial charge in [-0.25, -0.2) is 0 Å². The first kappa shape index (κ1) is 17.3. The summed E-state index contributed by atoms with van der Waals surface area (Å²) < 4.78 is 6.62. The maximum absolute atomic E-state index is 12.0. The van der Waals surface area contributed by atoms with Crippen LogP contribution in [0.15, 0.2) is 46.9 Å². The van der Waals surface area contributed by atoms with Gasteiger partial charge in [0.1, 0.15) is 5.75 Å². The van der Waals surface area contributed by atoms with Gasteiger partial charge in [0.05, 0.1) is 12.6 Å². The van der Waals surface area contributed by atoms with Crippen molar-refractivity contribution >= 4 is 33.2 Å². The molecule has 0 aliphatic heterocycles. The molecule has 1 amide bonds. The zero-order chi connectivity index (χ0) is 16.8. The van der Waals surface area contributed by atoms with Crippen molar-refractivity contribution in [1.82, 2.24) is 0 Å². The SMILES string of the molecule is Cc1cc(NCC(=O)Nc2ccc(OC(C)C)cc2)ccc1Br. The maximum Gasteiger partial charge on any atom is 0.243 e. The summed E-state index contributed by atoms with van der Waals surface area (Å²) in [6, 6.07) is 13.3. The molecular weight excluding hydrogens is 356 g/mol. The molecule has 23 heavy (non-hydrogen) atoms. The predicted molar refractivity (Wildman–Crippen MR) is 98.2 cm³/mol. The monoisotopic (exact) mass is 376 g/mol. The van der Waals surface area contributed by atoms with Gasteiger partial charge in [-0.05, 0) is 68.8 Å². The molecule has 2 aromatic rings. The molecule has 2 rings (SSSR count). The van der Waals surface area contributed by atoms with Crippen molar-refractivity contribution < 1.29 is 9.53 Å². The van der Waals surface area contributed by atoms with Gasteiger partial charge < -0.3 is 15.4 Å². The molecule has 0 atom stereocenters. The van der Waals surface area contributed by atoms with E-state index in [4.69, 9.17) is 4.74 Å². The third-order valence-electron chi connectivity index (χ3n) is 3.12. The summed E-state index contributed by atoms with van der Waals surface area (Å²) in [4.78, 5) is 12.0. The average molecular weight is 377 g/mol. The van der Waals surface area contributed by atoms with Crippen LogP contribution in [-0.2, 0) is 4.79 Å². The number of benzene rings is 2. The standard InChI is InChI=1S/C18H21BrN2O2/c1-12(2)23-16-7-4-14(5-8-16)21-18(22)11-20-15-6-9-17(19)13(3)10-15/h4-10,12,20H,11H2,1-3H3,(H,21,22). The predicted octanol–water partition coefficient (Wildman–Crippen LogP) is 4.60. The highest BCUT2D eigenvalue weighted by molar-refractivity contribution is 9.10. The van der Waals surface area contributed by atoms with Crippen molar-refractivity contribution in [2.75, 3.05) is 17.2 Å². The number of amides is 1. The van der Waals surface area contributed by atoms with Crippen molar-refractivity contribution in [3.8, 4) is 5.75 Å². The van der Waals surface area contributed by atoms with E-state index in [9.17, 15) is 4.79 Å². The molecule has 0 aliphatic carbocycles. The maximum atomic E-state index is 12.0. The van der Waals surface area contributed by atoms with E-state index in [1.165, 1.54) is 0 Å². The van der Waals surface area contributed by atoms with Crippen LogP contribution in [0.3, 0.4) is 0 Å². The molecule has 0 spiro atoms. The Morgan fingerprint density at radius 3 is 2.39 bits per heavy atom. The first-order valence-corrected chi connectivity index (χ1v) is 8.30. The minimum atomic E-state index is -0.0944. The highest BCUT2D eigenvalue weighted by Gasteiger charge is 2.04. The zero-order valence-corrected chi connectivity index (χ0v) is 15.1. The van der Waals surface area contributed by atoms with Crippen LogP contribution in [0.4, 0.5) is 11.4 Å². The van der Waals surface area contributed by atoms with Crippen molar-refractivity contribution in [1.29, 1.82) is 0 Å². The number of rotatable bonds is 6. The highest BCUT2D eigenvalue weighted by atomic mass is 79.9. The molecule has 0 heterocycles. The molecule has 2 aromatic carbocycles. The van der Waals surface area contributed by atoms with Gasteiger partial charge >= 0.3 is 0 Å². The Bertz CT molecular complexity index is 669. The van der Waals surface area contributed by atoms with Gasteiger partial charge in [-0.3, -0.25) is 4.79 Å². The van der Waals surface area contributed by atoms with E-state index in [1.54, 1.807) is 0 Å². The molecular formula is C18H21BrN2O2. The minimum Gasteiger partial charge on any atom is -0.491 e. The lowest BCUT2D eigenvalue weighted by Gasteiger charge is -2.11. The Morgan fingerprint density at radius 2 is 1.78 bits per heavy atom. The number of nitrogens with one attached hydrogen (secondary N) is 2. The second-order valence-electron chi connectivity index (χ2n) is 5.56. The van der Waals surface area contributed by atoms with Crippen LogP contribution in [0.5, 0.6) is 5.75 Å². The number of carbonyl (C=O) groups is 1. The smallest absolute Gasteiger partial charge is 0.243 e. The number of carbonyl (C=O) groups excluding carboxylic acids is 1. The van der Waals surface area contributed by atoms with Crippen molar-refractivity contribution in [2.24, 2.45) is 0 Å². The van der Waals surface area contributed by atoms with Crippen LogP contribution in [-0.4, -0.2) is 18.6 Å². The summed E-state index contributed by atoms with van der Waals surface area (Å²) in [6.45, 7) is 6.18. The largest absolute Gasteiger partial charge is 0.491 e. The van der Waals surface area contributed by atoms with Crippen LogP contribution >= 0.6 is 15.9 Å². The number of anilines is 2. The highest BCUT2D eigenvalue weighted by Crippen LogP contribution is 2.20. The molecule has 2 N–H and O–H groups in total. The molecule has 0 unspecified atom stereocenters. The minimum absolute atomic E-state index is 0.0944. The summed E-state index contributed by atoms with van der Waals surface area (Å²) in [5.41, 5.74) is 2.79. The van der Waals surface area contributed by atoms with Gasteiger partial charge in [0.15, 0.2) is 0 Å². The van der Waals surface area contributed by atoms with E-state index < -0.39 is 0 Å². The van der Waals surface area contributed by atoms with Crippen molar-refractivity contribution in [3.05, 3.63) is 52.5 Å². The van der Waals surface area contributed by atoms with Crippen LogP contribution in [0.2, 0.25) is 0 Å². The van der Waals surface area contributed by atoms with Crippen LogP contribution in [0.25, 0.3) is 0 Å². The zero-order valence-electron chi connectivity index (χ0n) is 13.5. The third-order valence-corrected chi connectivity index (χ3v) is 4.01. The van der Waals surface area contributed by atoms with Crippen molar-refractivity contribution in [2.45, 2.75) is 26.9 Å². The summed E-state index contributed by atoms with van der Waals surface area (Å²) in [7, 11) is 0. The van der Waals surface area contributed by atoms with E-state index in [0.717, 1.165) is 27.2 Å². The quantitative estimate of drug-likeness (QED) is 0.774. The fourth-order valence-corrected chi connectivity index (χ4v) is 2.28. The molecule has 0 saturated carbocycles. The van der Waals surface area contributed by atoms with Crippen LogP contribution < -0.4 is 15.4 Å². The van der Waals surface area contributed by atoms with E-state index in [-0.39, 0.29) is 18.6 Å². The molecule has 0 aliphatic rings. The summed E-state index contributed by atoms with van der Waals surface area (Å²) >= 11 is 3.46. The van der Waals surface area contributed by atoms with Crippen LogP contribution in [0, 0.1) is 6.92 Å². The van der Waals surface area contributed by atoms with Crippen LogP contribution in [0.1, 0.15) is 19.4 Å². The Labute approximate surface area is 145 Å². The van der Waals surface area contributed by atoms with Crippen molar-refractivity contribution in [3.63, 3.8) is 0 Å². The second kappa shape index (κ2) is 8.02. The number of hydrogen-bond acceptors (Lipinski definition) is 3. The van der Waals surface area contributed by atoms with E-state index in [2.05, 4.69) is 26.6 Å². The summed E-state index contributed by atoms with van der Waals surface area (Å²) in [5, 5.41) is 5.97. The topological polar surface area (TPSA) is 50.4 Å². The molecule has 0 saturated heterocycles. The van der Waals surface area contributed by atoms with E-state index >= 15 is 0 Å². The average Bonchev–Trinajstić information content (AvgIpc) is 2.50. The Balaban J connectivity index is 1.85. The number of hydrogen-bond donors (Lipinski definition) is 2. The lowest BCUT2D eigenvalue weighted by atomic mass is 10.2. The van der Waals surface area contributed by atoms with Gasteiger partial charge in [0.2, 0.25) is 5.91 Å². The Morgan fingerprint density at radius 1 is 1.13 bits per heavy atom. The Hall–Kier alpha value is -2.01. The molecule has 0 aromatic heterocycles. The first-order chi connectivity index (χ1) is 10.9. The molecule has 5 heteroatoms. The normalized spacial score (nSPS) is 10.5. The lowest BCUT2D eigenvalue weighted by molar-refractivity contribution is -0.114. The van der Waals surface area contributed by atoms with Gasteiger partial charge in [-0.1, -0.05) is 15.9 Å². The molecule has 0 radical (unpaired) electrons. The number of aryl methyl sites for hydroxylation is 1. The number of ether oxygens (including phenoxy) is 1. The summed E-state index contributed by atoms with van der Waals surface area (Å²) in [6.07, 6.45) is 0.133. The number of halogens is 1. The fourth-order valence-electron chi connectivity index (χ4n) is 2.03. The van der Waals surface area contributed by atoms with Gasteiger partial charge in [-0.2, -0.15) is 0 Å². The summed E-state index contributed by atoms with van der Waals surface area (Å²) in [5.74, 6) is 0.699. The third kappa shape index (κ3) is 5.60. The lowest BCUT2D eigenvalue weighted by Crippen LogP contribution is -2.21. The van der Waals surface area contributed by atoms with Gasteiger partial charge in [-0.15, -0.1) is 0 Å². The second-order valence-corrected chi connectivity index (χ2v) is 6.41. The first-order valence-electron chi connectivity index (χ1n) is 7.50. The van der Waals surface area contributed by atoms with E-state index in [1.807, 2.05) is 63.2 Å². The molecule has 0 bridgehead atoms. The van der Waals surface area contributed by atoms with Gasteiger partial charge in [0.25, 0.3) is 0 Å². The molecule has 4 nitrogen and oxygen atoms in total. The molecule has 122 valence electrons. The van der Waals surface area contributed by atoms with E-state index in [0.29, 0.717) is 0 Å². The van der Waals surface area contributed by atoms with Gasteiger partial charge in [0, 0.05) is 15.8 Å². The molecule has 0 fully saturated rings.